The molecule has 0 atom stereocenters. The van der Waals surface area contributed by atoms with Crippen molar-refractivity contribution in [2.75, 3.05) is 11.5 Å². The lowest BCUT2D eigenvalue weighted by atomic mass is 10.2. The second kappa shape index (κ2) is 5.54. The summed E-state index contributed by atoms with van der Waals surface area (Å²) in [5.41, 5.74) is 22.2. The van der Waals surface area contributed by atoms with Crippen molar-refractivity contribution in [2.45, 2.75) is 0 Å². The van der Waals surface area contributed by atoms with Crippen LogP contribution in [0.4, 0.5) is 11.6 Å². The van der Waals surface area contributed by atoms with E-state index < -0.39 is 5.91 Å². The van der Waals surface area contributed by atoms with Gasteiger partial charge in [0.2, 0.25) is 0 Å². The van der Waals surface area contributed by atoms with Crippen molar-refractivity contribution in [3.8, 4) is 10.6 Å². The zero-order valence-corrected chi connectivity index (χ0v) is 12.7. The molecule has 0 spiro atoms. The van der Waals surface area contributed by atoms with Crippen LogP contribution < -0.4 is 22.9 Å². The summed E-state index contributed by atoms with van der Waals surface area (Å²) in [5.74, 6) is -1.13. The van der Waals surface area contributed by atoms with Crippen LogP contribution in [0.5, 0.6) is 0 Å². The first-order chi connectivity index (χ1) is 11.0. The molecular formula is C14H13N7OS. The van der Waals surface area contributed by atoms with Crippen LogP contribution in [0.25, 0.3) is 20.7 Å². The minimum absolute atomic E-state index is 0.123. The van der Waals surface area contributed by atoms with Gasteiger partial charge >= 0.3 is 5.91 Å². The molecule has 8 N–H and O–H groups in total. The number of fused-ring (bicyclic) bond motifs is 1. The highest BCUT2D eigenvalue weighted by Gasteiger charge is 2.18. The average Bonchev–Trinajstić information content (AvgIpc) is 2.89. The Bertz CT molecular complexity index is 910. The number of benzene rings is 1. The van der Waals surface area contributed by atoms with Crippen LogP contribution in [-0.4, -0.2) is 21.8 Å². The summed E-state index contributed by atoms with van der Waals surface area (Å²) in [6, 6.07) is 9.75. The van der Waals surface area contributed by atoms with Gasteiger partial charge < -0.3 is 22.9 Å². The third-order valence-corrected chi connectivity index (χ3v) is 4.16. The highest BCUT2D eigenvalue weighted by Crippen LogP contribution is 2.35. The molecule has 23 heavy (non-hydrogen) atoms. The smallest absolute Gasteiger partial charge is 0.302 e. The maximum Gasteiger partial charge on any atom is 0.302 e. The first-order valence-corrected chi connectivity index (χ1v) is 7.33. The molecule has 2 heterocycles. The average molecular weight is 327 g/mol. The highest BCUT2D eigenvalue weighted by molar-refractivity contribution is 7.22. The third-order valence-electron chi connectivity index (χ3n) is 3.04. The number of amides is 1. The van der Waals surface area contributed by atoms with Crippen molar-refractivity contribution >= 4 is 44.9 Å². The normalized spacial score (nSPS) is 10.6. The Morgan fingerprint density at radius 3 is 2.52 bits per heavy atom. The van der Waals surface area contributed by atoms with Gasteiger partial charge in [0.05, 0.1) is 4.88 Å². The van der Waals surface area contributed by atoms with E-state index in [4.69, 9.17) is 22.9 Å². The van der Waals surface area contributed by atoms with Crippen LogP contribution in [0.1, 0.15) is 10.5 Å². The van der Waals surface area contributed by atoms with E-state index in [1.54, 1.807) is 0 Å². The first-order valence-electron chi connectivity index (χ1n) is 6.51. The number of nitrogens with zero attached hydrogens (tertiary/aromatic N) is 3. The van der Waals surface area contributed by atoms with Crippen molar-refractivity contribution in [1.82, 2.24) is 9.97 Å². The Morgan fingerprint density at radius 1 is 1.09 bits per heavy atom. The molecule has 9 heteroatoms. The number of carbonyl (C=O) groups excluding carboxylic acids is 1. The summed E-state index contributed by atoms with van der Waals surface area (Å²) in [4.78, 5) is 24.4. The second-order valence-electron chi connectivity index (χ2n) is 4.68. The summed E-state index contributed by atoms with van der Waals surface area (Å²) >= 11 is 1.48. The molecule has 0 aliphatic heterocycles. The van der Waals surface area contributed by atoms with Crippen LogP contribution in [-0.2, 0) is 0 Å². The lowest BCUT2D eigenvalue weighted by Crippen LogP contribution is -2.25. The predicted octanol–water partition coefficient (Wildman–Crippen LogP) is 0.936. The maximum atomic E-state index is 12.0. The van der Waals surface area contributed by atoms with Gasteiger partial charge in [-0.1, -0.05) is 18.2 Å². The standard InChI is InChI=1S/C14H13N7OS/c15-11-9(8-5-6-3-1-2-4-7(6)23-8)19-10(12(16)20-11)13(22)21-14(17)18/h1-5H,(H4,15,16,20)(H4,17,18,21,22). The Kier molecular flexibility index (Phi) is 3.54. The fourth-order valence-electron chi connectivity index (χ4n) is 2.07. The molecule has 0 aliphatic carbocycles. The number of hydrogen-bond donors (Lipinski definition) is 4. The molecule has 0 radical (unpaired) electrons. The molecule has 3 aromatic rings. The van der Waals surface area contributed by atoms with Crippen molar-refractivity contribution in [1.29, 1.82) is 0 Å². The molecule has 8 nitrogen and oxygen atoms in total. The van der Waals surface area contributed by atoms with Crippen molar-refractivity contribution in [3.05, 3.63) is 36.0 Å². The van der Waals surface area contributed by atoms with E-state index in [0.717, 1.165) is 15.0 Å². The van der Waals surface area contributed by atoms with E-state index in [2.05, 4.69) is 15.0 Å². The fourth-order valence-corrected chi connectivity index (χ4v) is 3.13. The number of nitrogens with two attached hydrogens (primary N) is 4. The molecule has 116 valence electrons. The van der Waals surface area contributed by atoms with E-state index in [-0.39, 0.29) is 23.3 Å². The minimum atomic E-state index is -0.766. The van der Waals surface area contributed by atoms with Gasteiger partial charge in [0.15, 0.2) is 23.3 Å². The summed E-state index contributed by atoms with van der Waals surface area (Å²) in [6.45, 7) is 0. The Morgan fingerprint density at radius 2 is 1.83 bits per heavy atom. The van der Waals surface area contributed by atoms with Crippen LogP contribution in [0.3, 0.4) is 0 Å². The van der Waals surface area contributed by atoms with Crippen LogP contribution in [0.15, 0.2) is 35.3 Å². The number of guanidine groups is 1. The Hall–Kier alpha value is -3.20. The predicted molar refractivity (Wildman–Crippen MR) is 91.8 cm³/mol. The van der Waals surface area contributed by atoms with E-state index >= 15 is 0 Å². The molecule has 0 saturated heterocycles. The molecule has 0 bridgehead atoms. The summed E-state index contributed by atoms with van der Waals surface area (Å²) < 4.78 is 1.07. The first kappa shape index (κ1) is 14.7. The number of rotatable bonds is 2. The number of anilines is 2. The third kappa shape index (κ3) is 2.77. The number of hydrogen-bond acceptors (Lipinski definition) is 6. The second-order valence-corrected chi connectivity index (χ2v) is 5.77. The largest absolute Gasteiger partial charge is 0.382 e. The van der Waals surface area contributed by atoms with Gasteiger partial charge in [0.1, 0.15) is 5.69 Å². The SMILES string of the molecule is NC(N)=NC(=O)c1nc(-c2cc3ccccc3s2)c(N)nc1N. The molecule has 3 rings (SSSR count). The van der Waals surface area contributed by atoms with E-state index in [1.807, 2.05) is 30.3 Å². The van der Waals surface area contributed by atoms with Crippen molar-refractivity contribution in [2.24, 2.45) is 16.5 Å². The topological polar surface area (TPSA) is 159 Å². The zero-order valence-electron chi connectivity index (χ0n) is 11.9. The van der Waals surface area contributed by atoms with Crippen LogP contribution in [0.2, 0.25) is 0 Å². The van der Waals surface area contributed by atoms with E-state index in [0.29, 0.717) is 5.69 Å². The van der Waals surface area contributed by atoms with Crippen LogP contribution >= 0.6 is 11.3 Å². The molecule has 1 aromatic carbocycles. The fraction of sp³-hybridized carbons (Fsp3) is 0. The molecule has 0 saturated carbocycles. The lowest BCUT2D eigenvalue weighted by Gasteiger charge is -2.06. The number of nitrogen functional groups attached to an aromatic ring is 2. The monoisotopic (exact) mass is 327 g/mol. The van der Waals surface area contributed by atoms with Gasteiger partial charge in [0.25, 0.3) is 0 Å². The summed E-state index contributed by atoms with van der Waals surface area (Å²) in [6.07, 6.45) is 0. The van der Waals surface area contributed by atoms with Crippen molar-refractivity contribution in [3.63, 3.8) is 0 Å². The van der Waals surface area contributed by atoms with Gasteiger partial charge in [-0.2, -0.15) is 4.99 Å². The number of aliphatic imine (C=N–C) groups is 1. The highest BCUT2D eigenvalue weighted by atomic mass is 32.1. The van der Waals surface area contributed by atoms with Gasteiger partial charge in [-0.15, -0.1) is 11.3 Å². The molecule has 0 aliphatic rings. The van der Waals surface area contributed by atoms with E-state index in [1.165, 1.54) is 11.3 Å². The Balaban J connectivity index is 2.15. The quantitative estimate of drug-likeness (QED) is 0.402. The summed E-state index contributed by atoms with van der Waals surface area (Å²) in [5, 5.41) is 1.04. The number of thiophene rings is 1. The number of aromatic nitrogens is 2. The molecule has 0 fully saturated rings. The lowest BCUT2D eigenvalue weighted by molar-refractivity contribution is 0.0999. The molecular weight excluding hydrogens is 314 g/mol. The number of carbonyl (C=O) groups is 1. The molecule has 2 aromatic heterocycles. The van der Waals surface area contributed by atoms with E-state index in [9.17, 15) is 4.79 Å². The van der Waals surface area contributed by atoms with Gasteiger partial charge in [0, 0.05) is 4.70 Å². The van der Waals surface area contributed by atoms with Crippen LogP contribution in [0, 0.1) is 0 Å². The summed E-state index contributed by atoms with van der Waals surface area (Å²) in [7, 11) is 0. The van der Waals surface area contributed by atoms with Crippen molar-refractivity contribution < 1.29 is 4.79 Å². The zero-order chi connectivity index (χ0) is 16.6. The molecule has 1 amide bonds. The van der Waals surface area contributed by atoms with Gasteiger partial charge in [-0.25, -0.2) is 9.97 Å². The van der Waals surface area contributed by atoms with Gasteiger partial charge in [-0.3, -0.25) is 4.79 Å². The minimum Gasteiger partial charge on any atom is -0.382 e. The molecule has 0 unspecified atom stereocenters. The maximum absolute atomic E-state index is 12.0. The Labute approximate surface area is 134 Å². The van der Waals surface area contributed by atoms with Gasteiger partial charge in [-0.05, 0) is 17.5 Å².